The Kier molecular flexibility index (Phi) is 8.27. The Morgan fingerprint density at radius 3 is 2.47 bits per heavy atom. The van der Waals surface area contributed by atoms with E-state index in [4.69, 9.17) is 13.9 Å². The number of aromatic nitrogens is 1. The highest BCUT2D eigenvalue weighted by Crippen LogP contribution is 2.33. The van der Waals surface area contributed by atoms with Crippen molar-refractivity contribution in [3.63, 3.8) is 0 Å². The number of carbonyl (C=O) groups excluding carboxylic acids is 1. The van der Waals surface area contributed by atoms with E-state index in [1.165, 1.54) is 18.3 Å². The molecule has 0 fully saturated rings. The van der Waals surface area contributed by atoms with Crippen molar-refractivity contribution in [2.24, 2.45) is 5.10 Å². The molecule has 11 heteroatoms. The van der Waals surface area contributed by atoms with Crippen LogP contribution in [0.1, 0.15) is 40.2 Å². The molecule has 0 aliphatic carbocycles. The molecule has 2 aromatic heterocycles. The van der Waals surface area contributed by atoms with Gasteiger partial charge in [-0.15, -0.1) is 0 Å². The summed E-state index contributed by atoms with van der Waals surface area (Å²) in [6, 6.07) is 17.9. The molecule has 10 nitrogen and oxygen atoms in total. The second kappa shape index (κ2) is 11.8. The van der Waals surface area contributed by atoms with Crippen LogP contribution < -0.4 is 14.9 Å². The lowest BCUT2D eigenvalue weighted by Crippen LogP contribution is -2.17. The zero-order chi connectivity index (χ0) is 27.2. The van der Waals surface area contributed by atoms with E-state index < -0.39 is 10.8 Å². The zero-order valence-corrected chi connectivity index (χ0v) is 22.5. The number of benzene rings is 2. The Bertz CT molecular complexity index is 1470. The molecule has 2 aromatic carbocycles. The van der Waals surface area contributed by atoms with Crippen molar-refractivity contribution in [3.8, 4) is 17.2 Å². The summed E-state index contributed by atoms with van der Waals surface area (Å²) in [6.45, 7) is 6.18. The van der Waals surface area contributed by atoms with Crippen LogP contribution in [0.2, 0.25) is 0 Å². The fourth-order valence-corrected chi connectivity index (χ4v) is 4.31. The molecule has 0 spiro atoms. The third-order valence-electron chi connectivity index (χ3n) is 5.55. The van der Waals surface area contributed by atoms with Crippen LogP contribution in [0.25, 0.3) is 5.69 Å². The number of aryl methyl sites for hydroxylation is 2. The molecule has 0 saturated heterocycles. The fourth-order valence-electron chi connectivity index (χ4n) is 3.85. The van der Waals surface area contributed by atoms with Gasteiger partial charge in [0.15, 0.2) is 5.76 Å². The van der Waals surface area contributed by atoms with Gasteiger partial charge >= 0.3 is 11.6 Å². The number of furan rings is 1. The number of ether oxygens (including phenoxy) is 2. The molecule has 4 aromatic rings. The minimum Gasteiger partial charge on any atom is -0.487 e. The van der Waals surface area contributed by atoms with Crippen LogP contribution in [0.15, 0.2) is 74.7 Å². The van der Waals surface area contributed by atoms with E-state index >= 15 is 0 Å². The van der Waals surface area contributed by atoms with Crippen molar-refractivity contribution in [3.05, 3.63) is 104 Å². The minimum atomic E-state index is -0.586. The van der Waals surface area contributed by atoms with Crippen molar-refractivity contribution in [1.29, 1.82) is 0 Å². The van der Waals surface area contributed by atoms with E-state index in [0.717, 1.165) is 17.1 Å². The van der Waals surface area contributed by atoms with Crippen LogP contribution in [-0.4, -0.2) is 28.2 Å². The Hall–Kier alpha value is -4.38. The van der Waals surface area contributed by atoms with Crippen LogP contribution in [0, 0.1) is 24.0 Å². The molecule has 0 unspecified atom stereocenters. The van der Waals surface area contributed by atoms with E-state index in [2.05, 4.69) is 57.0 Å². The van der Waals surface area contributed by atoms with Crippen molar-refractivity contribution >= 4 is 33.7 Å². The normalized spacial score (nSPS) is 11.1. The quantitative estimate of drug-likeness (QED) is 0.137. The Morgan fingerprint density at radius 2 is 1.82 bits per heavy atom. The van der Waals surface area contributed by atoms with Crippen molar-refractivity contribution in [1.82, 2.24) is 9.99 Å². The number of hydrazone groups is 1. The molecule has 0 saturated carbocycles. The van der Waals surface area contributed by atoms with Gasteiger partial charge in [-0.25, -0.2) is 5.43 Å². The molecule has 38 heavy (non-hydrogen) atoms. The summed E-state index contributed by atoms with van der Waals surface area (Å²) in [7, 11) is 0. The molecule has 2 heterocycles. The predicted molar refractivity (Wildman–Crippen MR) is 145 cm³/mol. The molecule has 0 aliphatic heterocycles. The average molecular weight is 581 g/mol. The molecule has 0 atom stereocenters. The first-order valence-electron chi connectivity index (χ1n) is 11.7. The Labute approximate surface area is 227 Å². The first-order valence-corrected chi connectivity index (χ1v) is 12.5. The van der Waals surface area contributed by atoms with Gasteiger partial charge in [0.25, 0.3) is 0 Å². The van der Waals surface area contributed by atoms with E-state index in [0.29, 0.717) is 21.5 Å². The van der Waals surface area contributed by atoms with Gasteiger partial charge in [-0.2, -0.15) is 5.10 Å². The molecule has 1 amide bonds. The Balaban J connectivity index is 1.36. The third kappa shape index (κ3) is 6.12. The van der Waals surface area contributed by atoms with Gasteiger partial charge in [-0.3, -0.25) is 14.9 Å². The number of nitro benzene ring substituents is 1. The molecule has 0 radical (unpaired) electrons. The average Bonchev–Trinajstić information content (AvgIpc) is 3.50. The summed E-state index contributed by atoms with van der Waals surface area (Å²) in [5.41, 5.74) is 5.81. The highest BCUT2D eigenvalue weighted by molar-refractivity contribution is 9.10. The summed E-state index contributed by atoms with van der Waals surface area (Å²) in [5, 5.41) is 15.3. The topological polar surface area (TPSA) is 121 Å². The lowest BCUT2D eigenvalue weighted by molar-refractivity contribution is -0.385. The summed E-state index contributed by atoms with van der Waals surface area (Å²) >= 11 is 3.24. The number of amides is 1. The second-order valence-corrected chi connectivity index (χ2v) is 9.15. The molecular formula is C27H25BrN4O6. The highest BCUT2D eigenvalue weighted by Gasteiger charge is 2.20. The number of carbonyl (C=O) groups is 1. The molecule has 0 bridgehead atoms. The summed E-state index contributed by atoms with van der Waals surface area (Å²) < 4.78 is 19.4. The maximum Gasteiger partial charge on any atom is 0.312 e. The number of nitrogens with zero attached hydrogens (tertiary/aromatic N) is 3. The van der Waals surface area contributed by atoms with E-state index in [9.17, 15) is 14.9 Å². The predicted octanol–water partition coefficient (Wildman–Crippen LogP) is 6.10. The third-order valence-corrected chi connectivity index (χ3v) is 6.01. The van der Waals surface area contributed by atoms with Gasteiger partial charge in [0.1, 0.15) is 18.1 Å². The molecule has 4 rings (SSSR count). The summed E-state index contributed by atoms with van der Waals surface area (Å²) in [4.78, 5) is 23.3. The van der Waals surface area contributed by atoms with Gasteiger partial charge in [0.2, 0.25) is 5.75 Å². The number of hydrogen-bond donors (Lipinski definition) is 1. The van der Waals surface area contributed by atoms with Crippen LogP contribution in [0.3, 0.4) is 0 Å². The van der Waals surface area contributed by atoms with Crippen LogP contribution in [0.4, 0.5) is 5.69 Å². The SMILES string of the molecule is CCOc1c(/C=N/NC(=O)c2ccc(COc3ccc(-n4c(C)ccc4C)cc3)o2)cc(Br)cc1[N+](=O)[O-]. The summed E-state index contributed by atoms with van der Waals surface area (Å²) in [5.74, 6) is 0.637. The van der Waals surface area contributed by atoms with Crippen molar-refractivity contribution < 1.29 is 23.6 Å². The monoisotopic (exact) mass is 580 g/mol. The molecule has 0 aliphatic rings. The summed E-state index contributed by atoms with van der Waals surface area (Å²) in [6.07, 6.45) is 1.27. The molecular weight excluding hydrogens is 556 g/mol. The van der Waals surface area contributed by atoms with Crippen LogP contribution >= 0.6 is 15.9 Å². The van der Waals surface area contributed by atoms with Crippen LogP contribution in [-0.2, 0) is 6.61 Å². The maximum atomic E-state index is 12.5. The van der Waals surface area contributed by atoms with E-state index in [1.54, 1.807) is 19.1 Å². The fraction of sp³-hybridized carbons (Fsp3) is 0.185. The number of halogens is 1. The number of nitrogens with one attached hydrogen (secondary N) is 1. The smallest absolute Gasteiger partial charge is 0.312 e. The second-order valence-electron chi connectivity index (χ2n) is 8.23. The molecule has 196 valence electrons. The zero-order valence-electron chi connectivity index (χ0n) is 20.9. The largest absolute Gasteiger partial charge is 0.487 e. The van der Waals surface area contributed by atoms with Crippen LogP contribution in [0.5, 0.6) is 11.5 Å². The Morgan fingerprint density at radius 1 is 1.11 bits per heavy atom. The lowest BCUT2D eigenvalue weighted by Gasteiger charge is -2.10. The van der Waals surface area contributed by atoms with Gasteiger partial charge < -0.3 is 18.5 Å². The van der Waals surface area contributed by atoms with Gasteiger partial charge in [-0.05, 0) is 75.4 Å². The van der Waals surface area contributed by atoms with Gasteiger partial charge in [0.05, 0.1) is 17.7 Å². The lowest BCUT2D eigenvalue weighted by atomic mass is 10.2. The number of rotatable bonds is 10. The first-order chi connectivity index (χ1) is 18.3. The maximum absolute atomic E-state index is 12.5. The number of nitro groups is 1. The van der Waals surface area contributed by atoms with Crippen molar-refractivity contribution in [2.45, 2.75) is 27.4 Å². The number of hydrogen-bond acceptors (Lipinski definition) is 7. The minimum absolute atomic E-state index is 0.0416. The van der Waals surface area contributed by atoms with E-state index in [-0.39, 0.29) is 30.4 Å². The van der Waals surface area contributed by atoms with E-state index in [1.807, 2.05) is 24.3 Å². The van der Waals surface area contributed by atoms with Gasteiger partial charge in [-0.1, -0.05) is 15.9 Å². The standard InChI is InChI=1S/C27H25BrN4O6/c1-4-36-26-19(13-20(28)14-24(26)32(34)35)15-29-30-27(33)25-12-11-23(38-25)16-37-22-9-7-21(8-10-22)31-17(2)5-6-18(31)3/h5-15H,4,16H2,1-3H3,(H,30,33)/b29-15+. The van der Waals surface area contributed by atoms with Crippen molar-refractivity contribution in [2.75, 3.05) is 6.61 Å². The highest BCUT2D eigenvalue weighted by atomic mass is 79.9. The first kappa shape index (κ1) is 26.7. The van der Waals surface area contributed by atoms with Gasteiger partial charge in [0, 0.05) is 33.2 Å². The molecule has 1 N–H and O–H groups in total.